The lowest BCUT2D eigenvalue weighted by molar-refractivity contribution is 0.0952. The minimum Gasteiger partial charge on any atom is -0.352 e. The number of amides is 1. The van der Waals surface area contributed by atoms with Crippen LogP contribution in [0.1, 0.15) is 54.2 Å². The Morgan fingerprint density at radius 3 is 2.86 bits per heavy atom. The molecule has 0 radical (unpaired) electrons. The molecule has 0 spiro atoms. The van der Waals surface area contributed by atoms with Crippen LogP contribution in [0.25, 0.3) is 11.2 Å². The van der Waals surface area contributed by atoms with Crippen LogP contribution in [0.15, 0.2) is 41.6 Å². The first-order valence-corrected chi connectivity index (χ1v) is 9.91. The summed E-state index contributed by atoms with van der Waals surface area (Å²) in [5, 5.41) is 2.91. The van der Waals surface area contributed by atoms with Gasteiger partial charge in [-0.05, 0) is 38.3 Å². The fraction of sp³-hybridized carbons (Fsp3) is 0.429. The quantitative estimate of drug-likeness (QED) is 0.668. The zero-order valence-electron chi connectivity index (χ0n) is 16.1. The Morgan fingerprint density at radius 1 is 1.25 bits per heavy atom. The summed E-state index contributed by atoms with van der Waals surface area (Å²) in [4.78, 5) is 33.3. The summed E-state index contributed by atoms with van der Waals surface area (Å²) < 4.78 is 3.86. The van der Waals surface area contributed by atoms with Crippen LogP contribution in [-0.2, 0) is 6.54 Å². The Labute approximate surface area is 163 Å². The fourth-order valence-electron chi connectivity index (χ4n) is 3.94. The molecule has 0 bridgehead atoms. The lowest BCUT2D eigenvalue weighted by atomic mass is 10.2. The van der Waals surface area contributed by atoms with E-state index in [0.717, 1.165) is 16.9 Å². The van der Waals surface area contributed by atoms with E-state index in [1.165, 1.54) is 25.7 Å². The number of aromatic nitrogens is 4. The minimum atomic E-state index is -0.165. The molecule has 146 valence electrons. The molecule has 1 aliphatic rings. The molecule has 4 rings (SSSR count). The molecular formula is C21H25N5O2. The molecule has 1 amide bonds. The minimum absolute atomic E-state index is 0.0150. The van der Waals surface area contributed by atoms with Gasteiger partial charge in [0.2, 0.25) is 0 Å². The molecule has 3 aromatic heterocycles. The van der Waals surface area contributed by atoms with Gasteiger partial charge in [0.05, 0.1) is 11.9 Å². The molecule has 0 saturated heterocycles. The second-order valence-corrected chi connectivity index (χ2v) is 7.42. The summed E-state index contributed by atoms with van der Waals surface area (Å²) >= 11 is 0. The van der Waals surface area contributed by atoms with Gasteiger partial charge in [0.15, 0.2) is 5.65 Å². The predicted molar refractivity (Wildman–Crippen MR) is 107 cm³/mol. The lowest BCUT2D eigenvalue weighted by Crippen LogP contribution is -2.27. The topological polar surface area (TPSA) is 81.8 Å². The summed E-state index contributed by atoms with van der Waals surface area (Å²) in [6.07, 6.45) is 8.98. The first-order valence-electron chi connectivity index (χ1n) is 9.91. The molecule has 1 aliphatic carbocycles. The third-order valence-electron chi connectivity index (χ3n) is 5.51. The SMILES string of the molecule is Cc1cccc(=O)n1CCCNC(=O)c1cnc2c(c1)ncn2C1CCCC1. The Bertz CT molecular complexity index is 1050. The second-order valence-electron chi connectivity index (χ2n) is 7.42. The number of aryl methyl sites for hydroxylation is 1. The van der Waals surface area contributed by atoms with Crippen LogP contribution >= 0.6 is 0 Å². The van der Waals surface area contributed by atoms with Crippen LogP contribution in [0.2, 0.25) is 0 Å². The molecule has 1 fully saturated rings. The van der Waals surface area contributed by atoms with E-state index >= 15 is 0 Å². The van der Waals surface area contributed by atoms with Crippen molar-refractivity contribution in [2.24, 2.45) is 0 Å². The summed E-state index contributed by atoms with van der Waals surface area (Å²) in [7, 11) is 0. The highest BCUT2D eigenvalue weighted by Gasteiger charge is 2.20. The number of rotatable bonds is 6. The average Bonchev–Trinajstić information content (AvgIpc) is 3.35. The van der Waals surface area contributed by atoms with E-state index in [-0.39, 0.29) is 11.5 Å². The number of pyridine rings is 2. The number of hydrogen-bond donors (Lipinski definition) is 1. The van der Waals surface area contributed by atoms with Gasteiger partial charge in [0.25, 0.3) is 11.5 Å². The Kier molecular flexibility index (Phi) is 5.23. The van der Waals surface area contributed by atoms with E-state index in [0.29, 0.717) is 31.1 Å². The smallest absolute Gasteiger partial charge is 0.252 e. The van der Waals surface area contributed by atoms with E-state index in [4.69, 9.17) is 0 Å². The fourth-order valence-corrected chi connectivity index (χ4v) is 3.94. The van der Waals surface area contributed by atoms with Crippen molar-refractivity contribution in [3.8, 4) is 0 Å². The Balaban J connectivity index is 1.37. The largest absolute Gasteiger partial charge is 0.352 e. The third kappa shape index (κ3) is 3.69. The van der Waals surface area contributed by atoms with Crippen molar-refractivity contribution in [1.82, 2.24) is 24.4 Å². The van der Waals surface area contributed by atoms with Crippen LogP contribution in [0.5, 0.6) is 0 Å². The van der Waals surface area contributed by atoms with Crippen molar-refractivity contribution in [2.75, 3.05) is 6.54 Å². The molecule has 0 atom stereocenters. The van der Waals surface area contributed by atoms with E-state index in [1.54, 1.807) is 29.0 Å². The van der Waals surface area contributed by atoms with Gasteiger partial charge in [-0.1, -0.05) is 18.9 Å². The highest BCUT2D eigenvalue weighted by atomic mass is 16.1. The molecule has 0 aliphatic heterocycles. The summed E-state index contributed by atoms with van der Waals surface area (Å²) in [5.74, 6) is -0.165. The Morgan fingerprint density at radius 2 is 2.07 bits per heavy atom. The molecule has 3 aromatic rings. The van der Waals surface area contributed by atoms with E-state index in [2.05, 4.69) is 19.9 Å². The third-order valence-corrected chi connectivity index (χ3v) is 5.51. The molecule has 7 nitrogen and oxygen atoms in total. The Hall–Kier alpha value is -2.96. The zero-order valence-corrected chi connectivity index (χ0v) is 16.1. The van der Waals surface area contributed by atoms with Crippen LogP contribution in [-0.4, -0.2) is 31.6 Å². The highest BCUT2D eigenvalue weighted by Crippen LogP contribution is 2.31. The maximum Gasteiger partial charge on any atom is 0.252 e. The molecular weight excluding hydrogens is 354 g/mol. The van der Waals surface area contributed by atoms with Crippen LogP contribution in [0.3, 0.4) is 0 Å². The van der Waals surface area contributed by atoms with Gasteiger partial charge in [0.1, 0.15) is 5.52 Å². The lowest BCUT2D eigenvalue weighted by Gasteiger charge is -2.11. The van der Waals surface area contributed by atoms with Gasteiger partial charge in [-0.25, -0.2) is 9.97 Å². The molecule has 0 aromatic carbocycles. The van der Waals surface area contributed by atoms with Gasteiger partial charge in [-0.3, -0.25) is 9.59 Å². The number of nitrogens with one attached hydrogen (secondary N) is 1. The number of hydrogen-bond acceptors (Lipinski definition) is 4. The standard InChI is InChI=1S/C21H25N5O2/c1-15-6-4-9-19(27)25(15)11-5-10-22-21(28)16-12-18-20(23-13-16)26(14-24-18)17-7-2-3-8-17/h4,6,9,12-14,17H,2-3,5,7-8,10-11H2,1H3,(H,22,28). The molecule has 1 saturated carbocycles. The first-order chi connectivity index (χ1) is 13.6. The zero-order chi connectivity index (χ0) is 19.5. The number of fused-ring (bicyclic) bond motifs is 1. The molecule has 3 heterocycles. The summed E-state index contributed by atoms with van der Waals surface area (Å²) in [6, 6.07) is 7.49. The summed E-state index contributed by atoms with van der Waals surface area (Å²) in [5.41, 5.74) is 3.02. The van der Waals surface area contributed by atoms with Crippen molar-refractivity contribution in [1.29, 1.82) is 0 Å². The summed E-state index contributed by atoms with van der Waals surface area (Å²) in [6.45, 7) is 2.98. The van der Waals surface area contributed by atoms with Crippen LogP contribution < -0.4 is 10.9 Å². The maximum atomic E-state index is 12.4. The second kappa shape index (κ2) is 7.96. The van der Waals surface area contributed by atoms with Crippen molar-refractivity contribution in [3.05, 3.63) is 58.4 Å². The monoisotopic (exact) mass is 379 g/mol. The van der Waals surface area contributed by atoms with Gasteiger partial charge in [0, 0.05) is 37.1 Å². The number of carbonyl (C=O) groups excluding carboxylic acids is 1. The van der Waals surface area contributed by atoms with E-state index < -0.39 is 0 Å². The van der Waals surface area contributed by atoms with E-state index in [9.17, 15) is 9.59 Å². The molecule has 0 unspecified atom stereocenters. The van der Waals surface area contributed by atoms with Crippen molar-refractivity contribution in [3.63, 3.8) is 0 Å². The highest BCUT2D eigenvalue weighted by molar-refractivity contribution is 5.96. The number of carbonyl (C=O) groups is 1. The predicted octanol–water partition coefficient (Wildman–Crippen LogP) is 2.84. The van der Waals surface area contributed by atoms with Crippen molar-refractivity contribution in [2.45, 2.75) is 51.6 Å². The van der Waals surface area contributed by atoms with Gasteiger partial charge < -0.3 is 14.5 Å². The normalized spacial score (nSPS) is 14.6. The van der Waals surface area contributed by atoms with E-state index in [1.807, 2.05) is 19.3 Å². The van der Waals surface area contributed by atoms with Crippen molar-refractivity contribution >= 4 is 17.1 Å². The molecule has 28 heavy (non-hydrogen) atoms. The number of nitrogens with zero attached hydrogens (tertiary/aromatic N) is 4. The maximum absolute atomic E-state index is 12.4. The van der Waals surface area contributed by atoms with Crippen LogP contribution in [0, 0.1) is 6.92 Å². The average molecular weight is 379 g/mol. The molecule has 7 heteroatoms. The van der Waals surface area contributed by atoms with Crippen LogP contribution in [0.4, 0.5) is 0 Å². The van der Waals surface area contributed by atoms with Gasteiger partial charge in [-0.15, -0.1) is 0 Å². The number of imidazole rings is 1. The van der Waals surface area contributed by atoms with Gasteiger partial charge >= 0.3 is 0 Å². The van der Waals surface area contributed by atoms with Gasteiger partial charge in [-0.2, -0.15) is 0 Å². The first kappa shape index (κ1) is 18.4. The molecule has 1 N–H and O–H groups in total. The van der Waals surface area contributed by atoms with Crippen molar-refractivity contribution < 1.29 is 4.79 Å².